The van der Waals surface area contributed by atoms with Gasteiger partial charge in [0.05, 0.1) is 0 Å². The van der Waals surface area contributed by atoms with Crippen molar-refractivity contribution in [3.05, 3.63) is 29.3 Å². The smallest absolute Gasteiger partial charge is 0.00428 e. The van der Waals surface area contributed by atoms with Crippen LogP contribution >= 0.6 is 12.6 Å². The van der Waals surface area contributed by atoms with Crippen LogP contribution in [-0.4, -0.2) is 0 Å². The first-order valence-electron chi connectivity index (χ1n) is 4.88. The van der Waals surface area contributed by atoms with Gasteiger partial charge >= 0.3 is 0 Å². The molecule has 1 heteroatoms. The molecule has 0 saturated heterocycles. The number of aryl methyl sites for hydroxylation is 2. The summed E-state index contributed by atoms with van der Waals surface area (Å²) in [6.07, 6.45) is 2.46. The molecule has 0 aliphatic carbocycles. The molecule has 0 aliphatic rings. The van der Waals surface area contributed by atoms with Crippen molar-refractivity contribution in [2.24, 2.45) is 5.92 Å². The van der Waals surface area contributed by atoms with Gasteiger partial charge in [-0.15, -0.1) is 12.6 Å². The Morgan fingerprint density at radius 1 is 1.31 bits per heavy atom. The second-order valence-electron chi connectivity index (χ2n) is 4.04. The molecule has 0 aliphatic heterocycles. The summed E-state index contributed by atoms with van der Waals surface area (Å²) in [7, 11) is 0. The van der Waals surface area contributed by atoms with E-state index in [-0.39, 0.29) is 0 Å². The molecule has 0 unspecified atom stereocenters. The largest absolute Gasteiger partial charge is 0.143 e. The molecular formula is C12H18S. The average molecular weight is 194 g/mol. The van der Waals surface area contributed by atoms with Crippen molar-refractivity contribution in [1.29, 1.82) is 0 Å². The topological polar surface area (TPSA) is 0 Å². The minimum absolute atomic E-state index is 0.787. The first-order valence-corrected chi connectivity index (χ1v) is 5.33. The summed E-state index contributed by atoms with van der Waals surface area (Å²) in [5, 5.41) is 0. The third-order valence-corrected chi connectivity index (χ3v) is 2.60. The van der Waals surface area contributed by atoms with Gasteiger partial charge in [0, 0.05) is 4.90 Å². The van der Waals surface area contributed by atoms with E-state index in [1.807, 2.05) is 0 Å². The third-order valence-electron chi connectivity index (χ3n) is 2.32. The van der Waals surface area contributed by atoms with Crippen LogP contribution in [0.4, 0.5) is 0 Å². The zero-order chi connectivity index (χ0) is 9.84. The monoisotopic (exact) mass is 194 g/mol. The summed E-state index contributed by atoms with van der Waals surface area (Å²) < 4.78 is 0. The van der Waals surface area contributed by atoms with Crippen molar-refractivity contribution in [2.45, 2.75) is 38.5 Å². The van der Waals surface area contributed by atoms with Crippen molar-refractivity contribution in [3.63, 3.8) is 0 Å². The summed E-state index contributed by atoms with van der Waals surface area (Å²) in [6.45, 7) is 6.69. The van der Waals surface area contributed by atoms with E-state index in [0.717, 1.165) is 10.8 Å². The molecule has 0 aromatic heterocycles. The molecule has 0 saturated carbocycles. The maximum atomic E-state index is 4.31. The van der Waals surface area contributed by atoms with Crippen LogP contribution in [0.3, 0.4) is 0 Å². The fourth-order valence-corrected chi connectivity index (χ4v) is 1.67. The Labute approximate surface area is 86.8 Å². The Balaban J connectivity index is 2.67. The van der Waals surface area contributed by atoms with Crippen LogP contribution in [0, 0.1) is 12.8 Å². The first kappa shape index (κ1) is 10.6. The molecule has 0 radical (unpaired) electrons. The lowest BCUT2D eigenvalue weighted by Crippen LogP contribution is -1.94. The van der Waals surface area contributed by atoms with Crippen molar-refractivity contribution in [3.8, 4) is 0 Å². The van der Waals surface area contributed by atoms with Gasteiger partial charge in [0.25, 0.3) is 0 Å². The molecule has 0 spiro atoms. The Bertz CT molecular complexity index is 276. The summed E-state index contributed by atoms with van der Waals surface area (Å²) in [4.78, 5) is 1.06. The van der Waals surface area contributed by atoms with E-state index in [4.69, 9.17) is 0 Å². The van der Waals surface area contributed by atoms with Crippen LogP contribution in [-0.2, 0) is 6.42 Å². The summed E-state index contributed by atoms with van der Waals surface area (Å²) in [6, 6.07) is 6.41. The molecule has 0 bridgehead atoms. The summed E-state index contributed by atoms with van der Waals surface area (Å²) >= 11 is 4.31. The van der Waals surface area contributed by atoms with Crippen LogP contribution in [0.25, 0.3) is 0 Å². The van der Waals surface area contributed by atoms with Gasteiger partial charge in [-0.1, -0.05) is 19.9 Å². The molecule has 0 N–H and O–H groups in total. The molecule has 72 valence electrons. The predicted octanol–water partition coefficient (Wildman–Crippen LogP) is 3.87. The van der Waals surface area contributed by atoms with E-state index in [0.29, 0.717) is 0 Å². The van der Waals surface area contributed by atoms with Crippen molar-refractivity contribution >= 4 is 12.6 Å². The Kier molecular flexibility index (Phi) is 3.86. The first-order chi connectivity index (χ1) is 6.09. The molecule has 1 aromatic carbocycles. The second kappa shape index (κ2) is 4.71. The standard InChI is InChI=1S/C12H18S/c1-9(2)4-5-11-6-7-12(13)8-10(11)3/h6-9,13H,4-5H2,1-3H3. The molecule has 0 atom stereocenters. The Morgan fingerprint density at radius 3 is 2.54 bits per heavy atom. The number of benzene rings is 1. The van der Waals surface area contributed by atoms with E-state index < -0.39 is 0 Å². The van der Waals surface area contributed by atoms with Gasteiger partial charge in [-0.2, -0.15) is 0 Å². The van der Waals surface area contributed by atoms with E-state index in [1.54, 1.807) is 0 Å². The molecule has 0 heterocycles. The van der Waals surface area contributed by atoms with Crippen LogP contribution in [0.2, 0.25) is 0 Å². The van der Waals surface area contributed by atoms with Crippen molar-refractivity contribution in [2.75, 3.05) is 0 Å². The highest BCUT2D eigenvalue weighted by molar-refractivity contribution is 7.80. The van der Waals surface area contributed by atoms with Gasteiger partial charge in [-0.25, -0.2) is 0 Å². The molecule has 0 amide bonds. The van der Waals surface area contributed by atoms with E-state index in [9.17, 15) is 0 Å². The number of hydrogen-bond donors (Lipinski definition) is 1. The SMILES string of the molecule is Cc1cc(S)ccc1CCC(C)C. The molecule has 0 fully saturated rings. The highest BCUT2D eigenvalue weighted by Gasteiger charge is 2.00. The lowest BCUT2D eigenvalue weighted by molar-refractivity contribution is 0.585. The lowest BCUT2D eigenvalue weighted by atomic mass is 9.99. The molecule has 13 heavy (non-hydrogen) atoms. The highest BCUT2D eigenvalue weighted by atomic mass is 32.1. The fraction of sp³-hybridized carbons (Fsp3) is 0.500. The minimum Gasteiger partial charge on any atom is -0.143 e. The van der Waals surface area contributed by atoms with Gasteiger partial charge in [0.1, 0.15) is 0 Å². The molecule has 0 nitrogen and oxygen atoms in total. The number of thiol groups is 1. The Morgan fingerprint density at radius 2 is 2.00 bits per heavy atom. The molecule has 1 rings (SSSR count). The zero-order valence-corrected chi connectivity index (χ0v) is 9.57. The van der Waals surface area contributed by atoms with E-state index in [2.05, 4.69) is 51.6 Å². The van der Waals surface area contributed by atoms with Gasteiger partial charge in [0.2, 0.25) is 0 Å². The highest BCUT2D eigenvalue weighted by Crippen LogP contribution is 2.16. The van der Waals surface area contributed by atoms with E-state index in [1.165, 1.54) is 24.0 Å². The van der Waals surface area contributed by atoms with Crippen LogP contribution < -0.4 is 0 Å². The number of hydrogen-bond acceptors (Lipinski definition) is 1. The van der Waals surface area contributed by atoms with E-state index >= 15 is 0 Å². The molecule has 1 aromatic rings. The zero-order valence-electron chi connectivity index (χ0n) is 8.67. The quantitative estimate of drug-likeness (QED) is 0.694. The maximum absolute atomic E-state index is 4.31. The normalized spacial score (nSPS) is 10.8. The van der Waals surface area contributed by atoms with Gasteiger partial charge < -0.3 is 0 Å². The van der Waals surface area contributed by atoms with Crippen LogP contribution in [0.5, 0.6) is 0 Å². The minimum atomic E-state index is 0.787. The summed E-state index contributed by atoms with van der Waals surface area (Å²) in [5.41, 5.74) is 2.83. The second-order valence-corrected chi connectivity index (χ2v) is 4.56. The van der Waals surface area contributed by atoms with Crippen LogP contribution in [0.1, 0.15) is 31.4 Å². The average Bonchev–Trinajstić information content (AvgIpc) is 2.02. The van der Waals surface area contributed by atoms with Crippen molar-refractivity contribution in [1.82, 2.24) is 0 Å². The molecular weight excluding hydrogens is 176 g/mol. The predicted molar refractivity (Wildman–Crippen MR) is 61.6 cm³/mol. The Hall–Kier alpha value is -0.430. The summed E-state index contributed by atoms with van der Waals surface area (Å²) in [5.74, 6) is 0.787. The fourth-order valence-electron chi connectivity index (χ4n) is 1.40. The van der Waals surface area contributed by atoms with Crippen LogP contribution in [0.15, 0.2) is 23.1 Å². The lowest BCUT2D eigenvalue weighted by Gasteiger charge is -2.08. The number of rotatable bonds is 3. The van der Waals surface area contributed by atoms with Gasteiger partial charge in [-0.3, -0.25) is 0 Å². The third kappa shape index (κ3) is 3.43. The van der Waals surface area contributed by atoms with Gasteiger partial charge in [0.15, 0.2) is 0 Å². The van der Waals surface area contributed by atoms with Gasteiger partial charge in [-0.05, 0) is 48.9 Å². The van der Waals surface area contributed by atoms with Crippen molar-refractivity contribution < 1.29 is 0 Å². The maximum Gasteiger partial charge on any atom is 0.00428 e.